The van der Waals surface area contributed by atoms with Gasteiger partial charge in [0.05, 0.1) is 11.3 Å². The minimum absolute atomic E-state index is 0.0126. The molecule has 0 aromatic rings. The van der Waals surface area contributed by atoms with Crippen LogP contribution in [0, 0.1) is 29.1 Å². The molecular weight excluding hydrogens is 242 g/mol. The van der Waals surface area contributed by atoms with Crippen LogP contribution in [0.5, 0.6) is 0 Å². The topological polar surface area (TPSA) is 57.6 Å². The number of amides is 1. The summed E-state index contributed by atoms with van der Waals surface area (Å²) in [5, 5.41) is 9.43. The molecular formula is C15H25NO3. The minimum Gasteiger partial charge on any atom is -0.481 e. The third kappa shape index (κ3) is 2.37. The number of carbonyl (C=O) groups excluding carboxylic acids is 1. The van der Waals surface area contributed by atoms with Gasteiger partial charge in [0, 0.05) is 13.1 Å². The second-order valence-electron chi connectivity index (χ2n) is 6.95. The van der Waals surface area contributed by atoms with Crippen LogP contribution in [-0.2, 0) is 9.59 Å². The van der Waals surface area contributed by atoms with Crippen molar-refractivity contribution in [3.8, 4) is 0 Å². The third-order valence-electron chi connectivity index (χ3n) is 4.91. The Morgan fingerprint density at radius 2 is 1.74 bits per heavy atom. The molecule has 0 aromatic heterocycles. The van der Waals surface area contributed by atoms with Crippen LogP contribution in [0.1, 0.15) is 40.5 Å². The molecule has 4 nitrogen and oxygen atoms in total. The van der Waals surface area contributed by atoms with E-state index >= 15 is 0 Å². The number of carboxylic acids is 1. The van der Waals surface area contributed by atoms with Crippen molar-refractivity contribution < 1.29 is 14.7 Å². The normalized spacial score (nSPS) is 38.4. The number of carbonyl (C=O) groups is 2. The average molecular weight is 267 g/mol. The number of hydrogen-bond donors (Lipinski definition) is 1. The van der Waals surface area contributed by atoms with Gasteiger partial charge in [-0.25, -0.2) is 0 Å². The summed E-state index contributed by atoms with van der Waals surface area (Å²) in [6.07, 6.45) is 1.67. The van der Waals surface area contributed by atoms with Crippen LogP contribution in [0.4, 0.5) is 0 Å². The van der Waals surface area contributed by atoms with Crippen LogP contribution in [0.2, 0.25) is 0 Å². The van der Waals surface area contributed by atoms with Crippen molar-refractivity contribution in [3.05, 3.63) is 0 Å². The van der Waals surface area contributed by atoms with Crippen LogP contribution in [0.3, 0.4) is 0 Å². The molecule has 2 fully saturated rings. The highest BCUT2D eigenvalue weighted by atomic mass is 16.4. The van der Waals surface area contributed by atoms with Gasteiger partial charge >= 0.3 is 5.97 Å². The first-order valence-electron chi connectivity index (χ1n) is 7.31. The highest BCUT2D eigenvalue weighted by molar-refractivity contribution is 5.93. The van der Waals surface area contributed by atoms with Crippen molar-refractivity contribution in [2.75, 3.05) is 13.1 Å². The molecule has 0 radical (unpaired) electrons. The number of piperidine rings is 1. The third-order valence-corrected chi connectivity index (χ3v) is 4.91. The number of nitrogens with zero attached hydrogens (tertiary/aromatic N) is 1. The second kappa shape index (κ2) is 4.80. The summed E-state index contributed by atoms with van der Waals surface area (Å²) in [5.41, 5.74) is -0.805. The van der Waals surface area contributed by atoms with Crippen LogP contribution in [0.15, 0.2) is 0 Å². The molecule has 4 unspecified atom stereocenters. The predicted molar refractivity (Wildman–Crippen MR) is 72.5 cm³/mol. The molecule has 1 aliphatic carbocycles. The van der Waals surface area contributed by atoms with Gasteiger partial charge in [0.15, 0.2) is 0 Å². The first-order valence-corrected chi connectivity index (χ1v) is 7.31. The number of carboxylic acid groups (broad SMARTS) is 1. The summed E-state index contributed by atoms with van der Waals surface area (Å²) in [4.78, 5) is 25.9. The van der Waals surface area contributed by atoms with E-state index in [0.717, 1.165) is 19.5 Å². The van der Waals surface area contributed by atoms with E-state index in [4.69, 9.17) is 0 Å². The maximum absolute atomic E-state index is 12.5. The van der Waals surface area contributed by atoms with Gasteiger partial charge in [0.2, 0.25) is 5.91 Å². The van der Waals surface area contributed by atoms with Gasteiger partial charge in [-0.05, 0) is 30.6 Å². The van der Waals surface area contributed by atoms with Crippen LogP contribution in [0.25, 0.3) is 0 Å². The number of rotatable bonds is 3. The molecule has 19 heavy (non-hydrogen) atoms. The van der Waals surface area contributed by atoms with Gasteiger partial charge in [0.25, 0.3) is 0 Å². The minimum atomic E-state index is -0.807. The van der Waals surface area contributed by atoms with Gasteiger partial charge in [-0.15, -0.1) is 0 Å². The zero-order valence-corrected chi connectivity index (χ0v) is 12.3. The van der Waals surface area contributed by atoms with Crippen molar-refractivity contribution in [1.82, 2.24) is 4.90 Å². The molecule has 1 heterocycles. The maximum atomic E-state index is 12.5. The van der Waals surface area contributed by atoms with E-state index in [9.17, 15) is 14.7 Å². The summed E-state index contributed by atoms with van der Waals surface area (Å²) >= 11 is 0. The molecule has 1 amide bonds. The standard InChI is InChI=1S/C15H25NO3/c1-9(2)15(14(18)19)6-12(15)13(17)16-7-10(3)5-11(4)8-16/h9-12H,5-8H2,1-4H3,(H,18,19). The van der Waals surface area contributed by atoms with Crippen LogP contribution >= 0.6 is 0 Å². The fourth-order valence-corrected chi connectivity index (χ4v) is 3.77. The smallest absolute Gasteiger partial charge is 0.310 e. The lowest BCUT2D eigenvalue weighted by Gasteiger charge is -2.35. The van der Waals surface area contributed by atoms with Crippen LogP contribution in [-0.4, -0.2) is 35.0 Å². The van der Waals surface area contributed by atoms with Gasteiger partial charge in [-0.3, -0.25) is 9.59 Å². The van der Waals surface area contributed by atoms with Crippen molar-refractivity contribution >= 4 is 11.9 Å². The molecule has 1 saturated heterocycles. The molecule has 0 spiro atoms. The summed E-state index contributed by atoms with van der Waals surface area (Å²) in [7, 11) is 0. The van der Waals surface area contributed by atoms with Gasteiger partial charge in [-0.2, -0.15) is 0 Å². The molecule has 108 valence electrons. The lowest BCUT2D eigenvalue weighted by molar-refractivity contribution is -0.149. The van der Waals surface area contributed by atoms with E-state index in [-0.39, 0.29) is 17.7 Å². The lowest BCUT2D eigenvalue weighted by atomic mass is 9.88. The van der Waals surface area contributed by atoms with Gasteiger partial charge < -0.3 is 10.0 Å². The van der Waals surface area contributed by atoms with E-state index in [2.05, 4.69) is 13.8 Å². The molecule has 4 atom stereocenters. The summed E-state index contributed by atoms with van der Waals surface area (Å²) < 4.78 is 0. The zero-order valence-electron chi connectivity index (χ0n) is 12.3. The molecule has 1 N–H and O–H groups in total. The molecule has 0 aromatic carbocycles. The summed E-state index contributed by atoms with van der Waals surface area (Å²) in [6.45, 7) is 9.71. The zero-order chi connectivity index (χ0) is 14.4. The lowest BCUT2D eigenvalue weighted by Crippen LogP contribution is -2.44. The van der Waals surface area contributed by atoms with Crippen molar-refractivity contribution in [1.29, 1.82) is 0 Å². The Labute approximate surface area is 115 Å². The van der Waals surface area contributed by atoms with E-state index in [1.54, 1.807) is 0 Å². The Kier molecular flexibility index (Phi) is 3.63. The van der Waals surface area contributed by atoms with Gasteiger partial charge in [0.1, 0.15) is 0 Å². The first-order chi connectivity index (χ1) is 8.79. The SMILES string of the molecule is CC1CC(C)CN(C(=O)C2CC2(C(=O)O)C(C)C)C1. The molecule has 1 aliphatic heterocycles. The molecule has 1 saturated carbocycles. The van der Waals surface area contributed by atoms with Crippen LogP contribution < -0.4 is 0 Å². The summed E-state index contributed by atoms with van der Waals surface area (Å²) in [5.74, 6) is 0.00370. The quantitative estimate of drug-likeness (QED) is 0.853. The number of likely N-dealkylation sites (tertiary alicyclic amines) is 1. The Balaban J connectivity index is 2.08. The fourth-order valence-electron chi connectivity index (χ4n) is 3.77. The molecule has 2 rings (SSSR count). The number of hydrogen-bond acceptors (Lipinski definition) is 2. The Morgan fingerprint density at radius 1 is 1.21 bits per heavy atom. The Hall–Kier alpha value is -1.06. The van der Waals surface area contributed by atoms with Crippen molar-refractivity contribution in [2.45, 2.75) is 40.5 Å². The van der Waals surface area contributed by atoms with Crippen molar-refractivity contribution in [2.24, 2.45) is 29.1 Å². The number of aliphatic carboxylic acids is 1. The largest absolute Gasteiger partial charge is 0.481 e. The van der Waals surface area contributed by atoms with Crippen molar-refractivity contribution in [3.63, 3.8) is 0 Å². The highest BCUT2D eigenvalue weighted by Crippen LogP contribution is 2.58. The fraction of sp³-hybridized carbons (Fsp3) is 0.867. The highest BCUT2D eigenvalue weighted by Gasteiger charge is 2.66. The van der Waals surface area contributed by atoms with E-state index in [1.165, 1.54) is 0 Å². The summed E-state index contributed by atoms with van der Waals surface area (Å²) in [6, 6.07) is 0. The maximum Gasteiger partial charge on any atom is 0.310 e. The van der Waals surface area contributed by atoms with E-state index in [0.29, 0.717) is 18.3 Å². The Morgan fingerprint density at radius 3 is 2.11 bits per heavy atom. The molecule has 4 heteroatoms. The predicted octanol–water partition coefficient (Wildman–Crippen LogP) is 2.24. The molecule has 2 aliphatic rings. The van der Waals surface area contributed by atoms with Gasteiger partial charge in [-0.1, -0.05) is 27.7 Å². The van der Waals surface area contributed by atoms with E-state index < -0.39 is 11.4 Å². The first kappa shape index (κ1) is 14.4. The average Bonchev–Trinajstić information content (AvgIpc) is 3.03. The monoisotopic (exact) mass is 267 g/mol. The Bertz CT molecular complexity index is 383. The second-order valence-corrected chi connectivity index (χ2v) is 6.95. The van der Waals surface area contributed by atoms with E-state index in [1.807, 2.05) is 18.7 Å². The molecule has 0 bridgehead atoms.